The molecule has 0 heterocycles. The first-order valence-corrected chi connectivity index (χ1v) is 8.00. The van der Waals surface area contributed by atoms with Gasteiger partial charge in [-0.15, -0.1) is 0 Å². The maximum Gasteiger partial charge on any atom is 0.0214 e. The highest BCUT2D eigenvalue weighted by molar-refractivity contribution is 9.09. The Morgan fingerprint density at radius 2 is 1.53 bits per heavy atom. The highest BCUT2D eigenvalue weighted by atomic mass is 79.9. The summed E-state index contributed by atoms with van der Waals surface area (Å²) in [6, 6.07) is 9.22. The number of hydrogen-bond acceptors (Lipinski definition) is 0. The molecule has 0 radical (unpaired) electrons. The first kappa shape index (κ1) is 11.8. The monoisotopic (exact) mass is 292 g/mol. The number of rotatable bonds is 2. The SMILES string of the molecule is BrC1CCCCC1c1ccccc1C1CCC1. The summed E-state index contributed by atoms with van der Waals surface area (Å²) in [5, 5.41) is 0. The fourth-order valence-electron chi connectivity index (χ4n) is 3.38. The molecule has 0 N–H and O–H groups in total. The van der Waals surface area contributed by atoms with Crippen molar-refractivity contribution < 1.29 is 0 Å². The fraction of sp³-hybridized carbons (Fsp3) is 0.625. The van der Waals surface area contributed by atoms with Gasteiger partial charge < -0.3 is 0 Å². The largest absolute Gasteiger partial charge is 0.0884 e. The van der Waals surface area contributed by atoms with Crippen molar-refractivity contribution in [1.82, 2.24) is 0 Å². The van der Waals surface area contributed by atoms with Gasteiger partial charge in [-0.2, -0.15) is 0 Å². The van der Waals surface area contributed by atoms with E-state index in [0.29, 0.717) is 4.83 Å². The van der Waals surface area contributed by atoms with Gasteiger partial charge in [0.2, 0.25) is 0 Å². The van der Waals surface area contributed by atoms with E-state index in [1.165, 1.54) is 44.9 Å². The lowest BCUT2D eigenvalue weighted by molar-refractivity contribution is 0.405. The first-order chi connectivity index (χ1) is 8.36. The van der Waals surface area contributed by atoms with Gasteiger partial charge in [0.05, 0.1) is 0 Å². The summed E-state index contributed by atoms with van der Waals surface area (Å²) in [6.45, 7) is 0. The molecular weight excluding hydrogens is 272 g/mol. The summed E-state index contributed by atoms with van der Waals surface area (Å²) in [4.78, 5) is 0.706. The van der Waals surface area contributed by atoms with E-state index in [4.69, 9.17) is 0 Å². The van der Waals surface area contributed by atoms with Crippen LogP contribution in [0.1, 0.15) is 67.9 Å². The molecule has 1 aromatic rings. The smallest absolute Gasteiger partial charge is 0.0214 e. The standard InChI is InChI=1S/C16H21Br/c17-16-11-4-3-10-15(16)14-9-2-1-8-13(14)12-6-5-7-12/h1-2,8-9,12,15-16H,3-7,10-11H2. The van der Waals surface area contributed by atoms with Gasteiger partial charge in [0.25, 0.3) is 0 Å². The van der Waals surface area contributed by atoms with Crippen LogP contribution in [0, 0.1) is 0 Å². The topological polar surface area (TPSA) is 0 Å². The van der Waals surface area contributed by atoms with E-state index in [9.17, 15) is 0 Å². The van der Waals surface area contributed by atoms with E-state index < -0.39 is 0 Å². The summed E-state index contributed by atoms with van der Waals surface area (Å²) in [5.74, 6) is 1.63. The maximum atomic E-state index is 3.91. The second kappa shape index (κ2) is 5.14. The quantitative estimate of drug-likeness (QED) is 0.643. The van der Waals surface area contributed by atoms with Crippen LogP contribution in [-0.4, -0.2) is 4.83 Å². The van der Waals surface area contributed by atoms with Crippen LogP contribution >= 0.6 is 15.9 Å². The van der Waals surface area contributed by atoms with E-state index in [-0.39, 0.29) is 0 Å². The third-order valence-corrected chi connectivity index (χ3v) is 5.72. The molecule has 0 amide bonds. The highest BCUT2D eigenvalue weighted by Crippen LogP contribution is 2.44. The van der Waals surface area contributed by atoms with E-state index in [1.54, 1.807) is 11.1 Å². The van der Waals surface area contributed by atoms with Gasteiger partial charge in [-0.25, -0.2) is 0 Å². The molecule has 2 aliphatic carbocycles. The minimum atomic E-state index is 0.706. The van der Waals surface area contributed by atoms with Crippen molar-refractivity contribution in [2.45, 2.75) is 61.6 Å². The van der Waals surface area contributed by atoms with Crippen molar-refractivity contribution >= 4 is 15.9 Å². The van der Waals surface area contributed by atoms with Crippen molar-refractivity contribution in [3.63, 3.8) is 0 Å². The lowest BCUT2D eigenvalue weighted by Crippen LogP contribution is -2.21. The fourth-order valence-corrected chi connectivity index (χ4v) is 4.25. The molecule has 2 unspecified atom stereocenters. The van der Waals surface area contributed by atoms with Crippen LogP contribution in [0.25, 0.3) is 0 Å². The Morgan fingerprint density at radius 1 is 0.824 bits per heavy atom. The van der Waals surface area contributed by atoms with Crippen molar-refractivity contribution in [3.05, 3.63) is 35.4 Å². The Balaban J connectivity index is 1.89. The zero-order valence-corrected chi connectivity index (χ0v) is 12.0. The molecule has 0 aromatic heterocycles. The minimum Gasteiger partial charge on any atom is -0.0884 e. The summed E-state index contributed by atoms with van der Waals surface area (Å²) >= 11 is 3.91. The molecule has 0 nitrogen and oxygen atoms in total. The average Bonchev–Trinajstić information content (AvgIpc) is 2.29. The van der Waals surface area contributed by atoms with Crippen LogP contribution in [0.3, 0.4) is 0 Å². The molecular formula is C16H21Br. The average molecular weight is 293 g/mol. The van der Waals surface area contributed by atoms with Gasteiger partial charge in [0.1, 0.15) is 0 Å². The number of hydrogen-bond donors (Lipinski definition) is 0. The Kier molecular flexibility index (Phi) is 3.56. The lowest BCUT2D eigenvalue weighted by atomic mass is 9.73. The molecule has 1 aromatic carbocycles. The van der Waals surface area contributed by atoms with Gasteiger partial charge in [0.15, 0.2) is 0 Å². The first-order valence-electron chi connectivity index (χ1n) is 7.09. The maximum absolute atomic E-state index is 3.91. The molecule has 0 aliphatic heterocycles. The molecule has 2 fully saturated rings. The van der Waals surface area contributed by atoms with Crippen LogP contribution in [0.2, 0.25) is 0 Å². The van der Waals surface area contributed by atoms with Gasteiger partial charge in [-0.1, -0.05) is 59.5 Å². The van der Waals surface area contributed by atoms with Gasteiger partial charge in [0, 0.05) is 4.83 Å². The van der Waals surface area contributed by atoms with Crippen molar-refractivity contribution in [2.24, 2.45) is 0 Å². The third-order valence-electron chi connectivity index (χ3n) is 4.62. The molecule has 1 heteroatoms. The van der Waals surface area contributed by atoms with Gasteiger partial charge >= 0.3 is 0 Å². The predicted octanol–water partition coefficient (Wildman–Crippen LogP) is 5.38. The van der Waals surface area contributed by atoms with Crippen LogP contribution in [0.4, 0.5) is 0 Å². The predicted molar refractivity (Wildman–Crippen MR) is 77.0 cm³/mol. The Bertz CT molecular complexity index is 381. The van der Waals surface area contributed by atoms with Crippen molar-refractivity contribution in [1.29, 1.82) is 0 Å². The van der Waals surface area contributed by atoms with Crippen molar-refractivity contribution in [3.8, 4) is 0 Å². The Morgan fingerprint density at radius 3 is 2.18 bits per heavy atom. The molecule has 2 atom stereocenters. The Hall–Kier alpha value is -0.300. The van der Waals surface area contributed by atoms with Crippen LogP contribution in [0.15, 0.2) is 24.3 Å². The number of alkyl halides is 1. The molecule has 0 spiro atoms. The van der Waals surface area contributed by atoms with E-state index in [0.717, 1.165) is 11.8 Å². The summed E-state index contributed by atoms with van der Waals surface area (Å²) in [6.07, 6.45) is 9.79. The highest BCUT2D eigenvalue weighted by Gasteiger charge is 2.29. The normalized spacial score (nSPS) is 29.9. The zero-order chi connectivity index (χ0) is 11.7. The second-order valence-electron chi connectivity index (χ2n) is 5.66. The molecule has 92 valence electrons. The number of benzene rings is 1. The lowest BCUT2D eigenvalue weighted by Gasteiger charge is -2.34. The Labute approximate surface area is 113 Å². The minimum absolute atomic E-state index is 0.706. The van der Waals surface area contributed by atoms with Crippen LogP contribution < -0.4 is 0 Å². The molecule has 0 saturated heterocycles. The molecule has 3 rings (SSSR count). The molecule has 17 heavy (non-hydrogen) atoms. The van der Waals surface area contributed by atoms with E-state index >= 15 is 0 Å². The van der Waals surface area contributed by atoms with E-state index in [2.05, 4.69) is 40.2 Å². The summed E-state index contributed by atoms with van der Waals surface area (Å²) in [7, 11) is 0. The van der Waals surface area contributed by atoms with Gasteiger partial charge in [-0.3, -0.25) is 0 Å². The summed E-state index contributed by atoms with van der Waals surface area (Å²) < 4.78 is 0. The van der Waals surface area contributed by atoms with Crippen molar-refractivity contribution in [2.75, 3.05) is 0 Å². The summed E-state index contributed by atoms with van der Waals surface area (Å²) in [5.41, 5.74) is 3.31. The molecule has 0 bridgehead atoms. The molecule has 2 aliphatic rings. The van der Waals surface area contributed by atoms with E-state index in [1.807, 2.05) is 0 Å². The third kappa shape index (κ3) is 2.31. The second-order valence-corrected chi connectivity index (χ2v) is 6.84. The van der Waals surface area contributed by atoms with Crippen LogP contribution in [-0.2, 0) is 0 Å². The zero-order valence-electron chi connectivity index (χ0n) is 10.4. The molecule has 2 saturated carbocycles. The van der Waals surface area contributed by atoms with Crippen LogP contribution in [0.5, 0.6) is 0 Å². The number of halogens is 1. The van der Waals surface area contributed by atoms with Gasteiger partial charge in [-0.05, 0) is 48.6 Å².